The minimum atomic E-state index is -0.516. The van der Waals surface area contributed by atoms with Crippen LogP contribution in [0.25, 0.3) is 0 Å². The van der Waals surface area contributed by atoms with E-state index in [1.807, 2.05) is 36.4 Å². The van der Waals surface area contributed by atoms with E-state index in [-0.39, 0.29) is 18.3 Å². The maximum atomic E-state index is 12.5. The van der Waals surface area contributed by atoms with Crippen LogP contribution >= 0.6 is 15.9 Å². The maximum Gasteiger partial charge on any atom is 0.312 e. The number of ether oxygens (including phenoxy) is 1. The summed E-state index contributed by atoms with van der Waals surface area (Å²) in [5.74, 6) is -0.605. The maximum absolute atomic E-state index is 12.5. The van der Waals surface area contributed by atoms with Gasteiger partial charge in [0.25, 0.3) is 0 Å². The molecule has 112 valence electrons. The molecular formula is C17H14BrNO3. The summed E-state index contributed by atoms with van der Waals surface area (Å²) >= 11 is 3.39. The Morgan fingerprint density at radius 2 is 2.00 bits per heavy atom. The quantitative estimate of drug-likeness (QED) is 0.676. The zero-order valence-corrected chi connectivity index (χ0v) is 13.3. The molecule has 2 aromatic rings. The second-order valence-corrected chi connectivity index (χ2v) is 6.03. The first-order valence-electron chi connectivity index (χ1n) is 6.95. The predicted molar refractivity (Wildman–Crippen MR) is 85.4 cm³/mol. The van der Waals surface area contributed by atoms with Gasteiger partial charge in [-0.25, -0.2) is 0 Å². The minimum Gasteiger partial charge on any atom is -0.426 e. The Kier molecular flexibility index (Phi) is 4.24. The summed E-state index contributed by atoms with van der Waals surface area (Å²) < 4.78 is 6.04. The molecule has 0 spiro atoms. The Morgan fingerprint density at radius 3 is 2.77 bits per heavy atom. The molecule has 0 bridgehead atoms. The number of hydrogen-bond donors (Lipinski definition) is 1. The number of carbonyl (C=O) groups is 2. The highest BCUT2D eigenvalue weighted by Crippen LogP contribution is 2.36. The summed E-state index contributed by atoms with van der Waals surface area (Å²) in [4.78, 5) is 24.1. The first-order chi connectivity index (χ1) is 10.6. The highest BCUT2D eigenvalue weighted by atomic mass is 79.9. The van der Waals surface area contributed by atoms with Crippen LogP contribution in [0.3, 0.4) is 0 Å². The van der Waals surface area contributed by atoms with Crippen molar-refractivity contribution in [3.05, 3.63) is 64.1 Å². The molecule has 1 aliphatic heterocycles. The number of fused-ring (bicyclic) bond motifs is 1. The third kappa shape index (κ3) is 3.20. The molecule has 0 aliphatic carbocycles. The van der Waals surface area contributed by atoms with Gasteiger partial charge in [0.1, 0.15) is 5.75 Å². The molecule has 2 aromatic carbocycles. The molecule has 1 heterocycles. The van der Waals surface area contributed by atoms with Gasteiger partial charge in [-0.15, -0.1) is 0 Å². The fraction of sp³-hybridized carbons (Fsp3) is 0.176. The molecule has 0 aromatic heterocycles. The SMILES string of the molecule is O=C1CC(C(=O)NCc2ccccc2)c2cc(Br)ccc2O1. The molecule has 1 aliphatic rings. The van der Waals surface area contributed by atoms with Crippen LogP contribution in [-0.4, -0.2) is 11.9 Å². The van der Waals surface area contributed by atoms with Crippen molar-refractivity contribution in [1.29, 1.82) is 0 Å². The molecule has 22 heavy (non-hydrogen) atoms. The summed E-state index contributed by atoms with van der Waals surface area (Å²) in [5.41, 5.74) is 1.75. The molecular weight excluding hydrogens is 346 g/mol. The van der Waals surface area contributed by atoms with Gasteiger partial charge < -0.3 is 10.1 Å². The lowest BCUT2D eigenvalue weighted by Gasteiger charge is -2.24. The molecule has 0 saturated heterocycles. The lowest BCUT2D eigenvalue weighted by Crippen LogP contribution is -2.33. The van der Waals surface area contributed by atoms with Crippen LogP contribution in [0.15, 0.2) is 53.0 Å². The standard InChI is InChI=1S/C17H14BrNO3/c18-12-6-7-15-13(8-12)14(9-16(20)22-15)17(21)19-10-11-4-2-1-3-5-11/h1-8,14H,9-10H2,(H,19,21). The number of hydrogen-bond acceptors (Lipinski definition) is 3. The summed E-state index contributed by atoms with van der Waals surface area (Å²) in [5, 5.41) is 2.89. The van der Waals surface area contributed by atoms with E-state index < -0.39 is 5.92 Å². The van der Waals surface area contributed by atoms with E-state index in [9.17, 15) is 9.59 Å². The van der Waals surface area contributed by atoms with Gasteiger partial charge in [0.15, 0.2) is 0 Å². The van der Waals surface area contributed by atoms with Gasteiger partial charge in [-0.1, -0.05) is 46.3 Å². The third-order valence-corrected chi connectivity index (χ3v) is 4.06. The number of esters is 1. The molecule has 1 amide bonds. The number of benzene rings is 2. The number of amides is 1. The molecule has 4 nitrogen and oxygen atoms in total. The zero-order chi connectivity index (χ0) is 15.5. The van der Waals surface area contributed by atoms with E-state index in [0.717, 1.165) is 15.6 Å². The number of rotatable bonds is 3. The van der Waals surface area contributed by atoms with Crippen LogP contribution < -0.4 is 10.1 Å². The van der Waals surface area contributed by atoms with E-state index in [4.69, 9.17) is 4.74 Å². The third-order valence-electron chi connectivity index (χ3n) is 3.57. The van der Waals surface area contributed by atoms with E-state index in [1.165, 1.54) is 0 Å². The molecule has 1 unspecified atom stereocenters. The summed E-state index contributed by atoms with van der Waals surface area (Å²) in [6, 6.07) is 15.0. The predicted octanol–water partition coefficient (Wildman–Crippen LogP) is 3.16. The van der Waals surface area contributed by atoms with Crippen molar-refractivity contribution in [1.82, 2.24) is 5.32 Å². The lowest BCUT2D eigenvalue weighted by atomic mass is 9.92. The Bertz CT molecular complexity index is 715. The van der Waals surface area contributed by atoms with Crippen LogP contribution in [0.4, 0.5) is 0 Å². The van der Waals surface area contributed by atoms with E-state index in [2.05, 4.69) is 21.2 Å². The monoisotopic (exact) mass is 359 g/mol. The van der Waals surface area contributed by atoms with Gasteiger partial charge in [0.2, 0.25) is 5.91 Å². The minimum absolute atomic E-state index is 0.0596. The number of carbonyl (C=O) groups excluding carboxylic acids is 2. The smallest absolute Gasteiger partial charge is 0.312 e. The van der Waals surface area contributed by atoms with Crippen LogP contribution in [0.1, 0.15) is 23.5 Å². The molecule has 0 radical (unpaired) electrons. The van der Waals surface area contributed by atoms with Gasteiger partial charge in [-0.05, 0) is 23.8 Å². The van der Waals surface area contributed by atoms with Crippen LogP contribution in [0.5, 0.6) is 5.75 Å². The van der Waals surface area contributed by atoms with Gasteiger partial charge in [-0.3, -0.25) is 9.59 Å². The summed E-state index contributed by atoms with van der Waals surface area (Å²) in [6.07, 6.45) is 0.0596. The molecule has 5 heteroatoms. The Labute approximate surface area is 136 Å². The average molecular weight is 360 g/mol. The second-order valence-electron chi connectivity index (χ2n) is 5.12. The number of halogens is 1. The number of nitrogens with one attached hydrogen (secondary N) is 1. The molecule has 3 rings (SSSR count). The van der Waals surface area contributed by atoms with Crippen LogP contribution in [0.2, 0.25) is 0 Å². The molecule has 1 N–H and O–H groups in total. The van der Waals surface area contributed by atoms with Crippen molar-refractivity contribution < 1.29 is 14.3 Å². The molecule has 0 fully saturated rings. The van der Waals surface area contributed by atoms with Gasteiger partial charge in [0, 0.05) is 16.6 Å². The zero-order valence-electron chi connectivity index (χ0n) is 11.7. The van der Waals surface area contributed by atoms with Gasteiger partial charge in [0.05, 0.1) is 12.3 Å². The van der Waals surface area contributed by atoms with Gasteiger partial charge in [-0.2, -0.15) is 0 Å². The van der Waals surface area contributed by atoms with Crippen molar-refractivity contribution in [2.24, 2.45) is 0 Å². The summed E-state index contributed by atoms with van der Waals surface area (Å²) in [6.45, 7) is 0.439. The molecule has 1 atom stereocenters. The fourth-order valence-electron chi connectivity index (χ4n) is 2.47. The average Bonchev–Trinajstić information content (AvgIpc) is 2.53. The normalized spacial score (nSPS) is 16.6. The van der Waals surface area contributed by atoms with E-state index in [0.29, 0.717) is 12.3 Å². The lowest BCUT2D eigenvalue weighted by molar-refractivity contribution is -0.138. The Hall–Kier alpha value is -2.14. The second kappa shape index (κ2) is 6.32. The van der Waals surface area contributed by atoms with Crippen LogP contribution in [-0.2, 0) is 16.1 Å². The first-order valence-corrected chi connectivity index (χ1v) is 7.74. The van der Waals surface area contributed by atoms with E-state index >= 15 is 0 Å². The first kappa shape index (κ1) is 14.8. The van der Waals surface area contributed by atoms with Crippen molar-refractivity contribution in [2.75, 3.05) is 0 Å². The topological polar surface area (TPSA) is 55.4 Å². The summed E-state index contributed by atoms with van der Waals surface area (Å²) in [7, 11) is 0. The van der Waals surface area contributed by atoms with E-state index in [1.54, 1.807) is 12.1 Å². The van der Waals surface area contributed by atoms with Crippen LogP contribution in [0, 0.1) is 0 Å². The van der Waals surface area contributed by atoms with Crippen molar-refractivity contribution in [3.8, 4) is 5.75 Å². The van der Waals surface area contributed by atoms with Crippen molar-refractivity contribution in [2.45, 2.75) is 18.9 Å². The van der Waals surface area contributed by atoms with Crippen molar-refractivity contribution >= 4 is 27.8 Å². The highest BCUT2D eigenvalue weighted by Gasteiger charge is 2.32. The Balaban J connectivity index is 1.78. The largest absolute Gasteiger partial charge is 0.426 e. The fourth-order valence-corrected chi connectivity index (χ4v) is 2.85. The highest BCUT2D eigenvalue weighted by molar-refractivity contribution is 9.10. The van der Waals surface area contributed by atoms with Crippen molar-refractivity contribution in [3.63, 3.8) is 0 Å². The van der Waals surface area contributed by atoms with Gasteiger partial charge >= 0.3 is 5.97 Å². The Morgan fingerprint density at radius 1 is 1.23 bits per heavy atom. The molecule has 0 saturated carbocycles.